The third-order valence-corrected chi connectivity index (χ3v) is 2.49. The van der Waals surface area contributed by atoms with Crippen molar-refractivity contribution in [3.05, 3.63) is 18.0 Å². The molecule has 0 aliphatic carbocycles. The maximum atomic E-state index is 10.9. The molecule has 0 saturated heterocycles. The summed E-state index contributed by atoms with van der Waals surface area (Å²) < 4.78 is 0. The van der Waals surface area contributed by atoms with Gasteiger partial charge in [0.05, 0.1) is 6.42 Å². The van der Waals surface area contributed by atoms with Crippen LogP contribution in [0.5, 0.6) is 0 Å². The van der Waals surface area contributed by atoms with Crippen molar-refractivity contribution in [2.24, 2.45) is 5.73 Å². The van der Waals surface area contributed by atoms with Gasteiger partial charge in [0.1, 0.15) is 6.04 Å². The minimum absolute atomic E-state index is 0.248. The summed E-state index contributed by atoms with van der Waals surface area (Å²) in [7, 11) is 0. The number of rotatable bonds is 9. The molecule has 5 N–H and O–H groups in total. The van der Waals surface area contributed by atoms with Crippen molar-refractivity contribution < 1.29 is 14.7 Å². The Hall–Kier alpha value is -2.22. The summed E-state index contributed by atoms with van der Waals surface area (Å²) in [5, 5.41) is 14.7. The van der Waals surface area contributed by atoms with E-state index in [1.165, 1.54) is 0 Å². The average molecular weight is 281 g/mol. The summed E-state index contributed by atoms with van der Waals surface area (Å²) in [6.45, 7) is 3.08. The molecule has 0 fully saturated rings. The Bertz CT molecular complexity index is 449. The number of aliphatic carboxylic acids is 1. The van der Waals surface area contributed by atoms with Crippen LogP contribution in [0.25, 0.3) is 0 Å². The zero-order chi connectivity index (χ0) is 15.0. The van der Waals surface area contributed by atoms with Gasteiger partial charge in [0, 0.05) is 31.0 Å². The molecule has 1 atom stereocenters. The van der Waals surface area contributed by atoms with Gasteiger partial charge < -0.3 is 16.2 Å². The number of nitrogens with one attached hydrogen (secondary N) is 2. The third kappa shape index (κ3) is 5.61. The minimum Gasteiger partial charge on any atom is -0.480 e. The van der Waals surface area contributed by atoms with E-state index >= 15 is 0 Å². The molecule has 1 heterocycles. The molecular formula is C12H19N5O3. The molecule has 1 aromatic heterocycles. The fourth-order valence-electron chi connectivity index (χ4n) is 1.46. The lowest BCUT2D eigenvalue weighted by molar-refractivity contribution is -0.141. The fraction of sp³-hybridized carbons (Fsp3) is 0.500. The van der Waals surface area contributed by atoms with E-state index in [1.54, 1.807) is 12.4 Å². The number of nitrogens with two attached hydrogens (primary N) is 1. The molecule has 0 bridgehead atoms. The molecule has 1 rings (SSSR count). The predicted octanol–water partition coefficient (Wildman–Crippen LogP) is -0.283. The van der Waals surface area contributed by atoms with Crippen molar-refractivity contribution in [1.29, 1.82) is 0 Å². The van der Waals surface area contributed by atoms with E-state index in [4.69, 9.17) is 10.8 Å². The molecule has 1 amide bonds. The van der Waals surface area contributed by atoms with E-state index in [2.05, 4.69) is 20.6 Å². The zero-order valence-electron chi connectivity index (χ0n) is 11.3. The Morgan fingerprint density at radius 1 is 1.40 bits per heavy atom. The number of primary amides is 1. The second-order valence-corrected chi connectivity index (χ2v) is 4.28. The summed E-state index contributed by atoms with van der Waals surface area (Å²) in [5.41, 5.74) is 5.72. The maximum absolute atomic E-state index is 10.9. The molecule has 8 nitrogen and oxygen atoms in total. The van der Waals surface area contributed by atoms with E-state index in [9.17, 15) is 9.59 Å². The minimum atomic E-state index is -1.12. The lowest BCUT2D eigenvalue weighted by atomic mass is 10.2. The standard InChI is InChI=1S/C12H19N5O3/c1-2-3-14-12-16-6-8(7-17-12)5-15-9(11(19)20)4-10(13)18/h6-7,9,15H,2-5H2,1H3,(H2,13,18)(H,19,20)(H,14,16,17). The van der Waals surface area contributed by atoms with Crippen molar-refractivity contribution in [2.75, 3.05) is 11.9 Å². The Balaban J connectivity index is 2.51. The maximum Gasteiger partial charge on any atom is 0.321 e. The van der Waals surface area contributed by atoms with Gasteiger partial charge in [-0.05, 0) is 6.42 Å². The van der Waals surface area contributed by atoms with Gasteiger partial charge in [-0.25, -0.2) is 9.97 Å². The fourth-order valence-corrected chi connectivity index (χ4v) is 1.46. The molecule has 20 heavy (non-hydrogen) atoms. The Morgan fingerprint density at radius 3 is 2.55 bits per heavy atom. The van der Waals surface area contributed by atoms with Crippen LogP contribution in [-0.2, 0) is 16.1 Å². The van der Waals surface area contributed by atoms with Crippen LogP contribution in [-0.4, -0.2) is 39.5 Å². The average Bonchev–Trinajstić information content (AvgIpc) is 2.41. The van der Waals surface area contributed by atoms with Gasteiger partial charge >= 0.3 is 5.97 Å². The molecule has 110 valence electrons. The van der Waals surface area contributed by atoms with E-state index in [0.29, 0.717) is 5.95 Å². The van der Waals surface area contributed by atoms with Crippen LogP contribution in [0.15, 0.2) is 12.4 Å². The van der Waals surface area contributed by atoms with Crippen molar-refractivity contribution in [1.82, 2.24) is 15.3 Å². The van der Waals surface area contributed by atoms with Crippen LogP contribution in [0.1, 0.15) is 25.3 Å². The number of carbonyl (C=O) groups excluding carboxylic acids is 1. The molecule has 0 aliphatic heterocycles. The molecule has 0 aliphatic rings. The lowest BCUT2D eigenvalue weighted by Gasteiger charge is -2.12. The van der Waals surface area contributed by atoms with Crippen LogP contribution in [0.4, 0.5) is 5.95 Å². The van der Waals surface area contributed by atoms with Crippen LogP contribution >= 0.6 is 0 Å². The molecule has 0 aromatic carbocycles. The normalized spacial score (nSPS) is 11.8. The quantitative estimate of drug-likeness (QED) is 0.489. The summed E-state index contributed by atoms with van der Waals surface area (Å²) in [6, 6.07) is -1.01. The smallest absolute Gasteiger partial charge is 0.321 e. The Labute approximate surface area is 116 Å². The van der Waals surface area contributed by atoms with E-state index in [-0.39, 0.29) is 13.0 Å². The molecule has 8 heteroatoms. The van der Waals surface area contributed by atoms with Crippen molar-refractivity contribution in [3.63, 3.8) is 0 Å². The molecule has 1 unspecified atom stereocenters. The van der Waals surface area contributed by atoms with E-state index in [1.807, 2.05) is 6.92 Å². The highest BCUT2D eigenvalue weighted by Gasteiger charge is 2.19. The highest BCUT2D eigenvalue weighted by Crippen LogP contribution is 2.02. The van der Waals surface area contributed by atoms with Gasteiger partial charge in [0.25, 0.3) is 0 Å². The first-order valence-electron chi connectivity index (χ1n) is 6.32. The molecule has 0 radical (unpaired) electrons. The van der Waals surface area contributed by atoms with Gasteiger partial charge in [-0.1, -0.05) is 6.92 Å². The Morgan fingerprint density at radius 2 is 2.05 bits per heavy atom. The third-order valence-electron chi connectivity index (χ3n) is 2.49. The van der Waals surface area contributed by atoms with Crippen LogP contribution < -0.4 is 16.4 Å². The molecular weight excluding hydrogens is 262 g/mol. The number of anilines is 1. The summed E-state index contributed by atoms with van der Waals surface area (Å²) in [5.74, 6) is -1.26. The molecule has 1 aromatic rings. The second kappa shape index (κ2) is 8.05. The lowest BCUT2D eigenvalue weighted by Crippen LogP contribution is -2.39. The number of hydrogen-bond acceptors (Lipinski definition) is 6. The molecule has 0 spiro atoms. The number of aromatic nitrogens is 2. The van der Waals surface area contributed by atoms with Crippen LogP contribution in [0.3, 0.4) is 0 Å². The topological polar surface area (TPSA) is 130 Å². The van der Waals surface area contributed by atoms with Crippen LogP contribution in [0, 0.1) is 0 Å². The van der Waals surface area contributed by atoms with Gasteiger partial charge in [-0.2, -0.15) is 0 Å². The van der Waals surface area contributed by atoms with Crippen LogP contribution in [0.2, 0.25) is 0 Å². The van der Waals surface area contributed by atoms with E-state index in [0.717, 1.165) is 18.5 Å². The SMILES string of the molecule is CCCNc1ncc(CNC(CC(N)=O)C(=O)O)cn1. The zero-order valence-corrected chi connectivity index (χ0v) is 11.3. The number of carbonyl (C=O) groups is 2. The summed E-state index contributed by atoms with van der Waals surface area (Å²) >= 11 is 0. The van der Waals surface area contributed by atoms with E-state index < -0.39 is 17.9 Å². The van der Waals surface area contributed by atoms with Gasteiger partial charge in [-0.3, -0.25) is 14.9 Å². The number of amides is 1. The first-order valence-corrected chi connectivity index (χ1v) is 6.32. The van der Waals surface area contributed by atoms with Crippen molar-refractivity contribution in [2.45, 2.75) is 32.4 Å². The summed E-state index contributed by atoms with van der Waals surface area (Å²) in [6.07, 6.45) is 3.91. The highest BCUT2D eigenvalue weighted by atomic mass is 16.4. The molecule has 0 saturated carbocycles. The van der Waals surface area contributed by atoms with Gasteiger partial charge in [-0.15, -0.1) is 0 Å². The predicted molar refractivity (Wildman–Crippen MR) is 72.9 cm³/mol. The monoisotopic (exact) mass is 281 g/mol. The highest BCUT2D eigenvalue weighted by molar-refractivity contribution is 5.83. The second-order valence-electron chi connectivity index (χ2n) is 4.28. The number of nitrogens with zero attached hydrogens (tertiary/aromatic N) is 2. The largest absolute Gasteiger partial charge is 0.480 e. The van der Waals surface area contributed by atoms with Gasteiger partial charge in [0.2, 0.25) is 11.9 Å². The van der Waals surface area contributed by atoms with Gasteiger partial charge in [0.15, 0.2) is 0 Å². The Kier molecular flexibility index (Phi) is 6.38. The number of carboxylic acids is 1. The first kappa shape index (κ1) is 15.8. The number of hydrogen-bond donors (Lipinski definition) is 4. The first-order chi connectivity index (χ1) is 9.52. The van der Waals surface area contributed by atoms with Crippen molar-refractivity contribution in [3.8, 4) is 0 Å². The van der Waals surface area contributed by atoms with Crippen molar-refractivity contribution >= 4 is 17.8 Å². The number of carboxylic acid groups (broad SMARTS) is 1. The summed E-state index contributed by atoms with van der Waals surface area (Å²) in [4.78, 5) is 29.9.